The van der Waals surface area contributed by atoms with E-state index in [1.165, 1.54) is 0 Å². The molecule has 100 valence electrons. The van der Waals surface area contributed by atoms with Crippen LogP contribution in [0, 0.1) is 0 Å². The van der Waals surface area contributed by atoms with Gasteiger partial charge in [-0.25, -0.2) is 9.98 Å². The molecule has 20 heavy (non-hydrogen) atoms. The molecule has 4 rings (SSSR count). The molecule has 0 atom stereocenters. The van der Waals surface area contributed by atoms with Gasteiger partial charge in [-0.1, -0.05) is 0 Å². The number of H-pyrrole nitrogens is 1. The SMILES string of the molecule is Oc1nc(NC2CC2)[nH]c1C=C1C=Nc2ncccc21. The van der Waals surface area contributed by atoms with E-state index in [0.29, 0.717) is 23.5 Å². The third-order valence-corrected chi connectivity index (χ3v) is 3.35. The van der Waals surface area contributed by atoms with Gasteiger partial charge in [0, 0.05) is 29.6 Å². The Hall–Kier alpha value is -2.63. The summed E-state index contributed by atoms with van der Waals surface area (Å²) in [6.07, 6.45) is 7.60. The summed E-state index contributed by atoms with van der Waals surface area (Å²) in [5.41, 5.74) is 2.44. The monoisotopic (exact) mass is 267 g/mol. The molecule has 0 unspecified atom stereocenters. The van der Waals surface area contributed by atoms with E-state index in [4.69, 9.17) is 0 Å². The first kappa shape index (κ1) is 11.2. The molecule has 0 spiro atoms. The molecule has 1 aliphatic heterocycles. The Morgan fingerprint density at radius 3 is 3.15 bits per heavy atom. The quantitative estimate of drug-likeness (QED) is 0.796. The van der Waals surface area contributed by atoms with Gasteiger partial charge in [0.25, 0.3) is 0 Å². The van der Waals surface area contributed by atoms with Crippen molar-refractivity contribution in [3.05, 3.63) is 29.6 Å². The van der Waals surface area contributed by atoms with Gasteiger partial charge in [0.1, 0.15) is 5.69 Å². The molecule has 0 radical (unpaired) electrons. The predicted octanol–water partition coefficient (Wildman–Crippen LogP) is 2.34. The normalized spacial score (nSPS) is 18.5. The number of rotatable bonds is 3. The highest BCUT2D eigenvalue weighted by Crippen LogP contribution is 2.32. The van der Waals surface area contributed by atoms with Crippen LogP contribution < -0.4 is 5.32 Å². The number of aromatic amines is 1. The molecule has 2 aromatic rings. The van der Waals surface area contributed by atoms with Crippen LogP contribution in [-0.2, 0) is 0 Å². The smallest absolute Gasteiger partial charge is 0.238 e. The maximum absolute atomic E-state index is 9.89. The zero-order valence-electron chi connectivity index (χ0n) is 10.7. The van der Waals surface area contributed by atoms with Crippen LogP contribution in [0.5, 0.6) is 5.88 Å². The van der Waals surface area contributed by atoms with E-state index in [1.54, 1.807) is 12.4 Å². The summed E-state index contributed by atoms with van der Waals surface area (Å²) in [5, 5.41) is 13.1. The fourth-order valence-electron chi connectivity index (χ4n) is 2.16. The number of anilines is 1. The fraction of sp³-hybridized carbons (Fsp3) is 0.214. The van der Waals surface area contributed by atoms with Gasteiger partial charge in [-0.2, -0.15) is 4.98 Å². The average Bonchev–Trinajstić information content (AvgIpc) is 3.07. The van der Waals surface area contributed by atoms with E-state index in [-0.39, 0.29) is 5.88 Å². The molecule has 3 N–H and O–H groups in total. The van der Waals surface area contributed by atoms with Crippen molar-refractivity contribution < 1.29 is 5.11 Å². The molecule has 6 nitrogen and oxygen atoms in total. The zero-order chi connectivity index (χ0) is 13.5. The summed E-state index contributed by atoms with van der Waals surface area (Å²) in [7, 11) is 0. The number of aromatic hydroxyl groups is 1. The second-order valence-corrected chi connectivity index (χ2v) is 4.97. The Morgan fingerprint density at radius 2 is 2.30 bits per heavy atom. The van der Waals surface area contributed by atoms with Crippen molar-refractivity contribution in [2.75, 3.05) is 5.32 Å². The van der Waals surface area contributed by atoms with E-state index in [2.05, 4.69) is 25.3 Å². The van der Waals surface area contributed by atoms with Crippen molar-refractivity contribution in [2.45, 2.75) is 18.9 Å². The summed E-state index contributed by atoms with van der Waals surface area (Å²) in [6, 6.07) is 4.31. The maximum Gasteiger partial charge on any atom is 0.238 e. The Bertz CT molecular complexity index is 727. The van der Waals surface area contributed by atoms with E-state index in [1.807, 2.05) is 18.2 Å². The molecule has 2 aliphatic rings. The van der Waals surface area contributed by atoms with Gasteiger partial charge in [0.2, 0.25) is 11.8 Å². The summed E-state index contributed by atoms with van der Waals surface area (Å²) in [6.45, 7) is 0. The topological polar surface area (TPSA) is 86.2 Å². The molecule has 1 aliphatic carbocycles. The lowest BCUT2D eigenvalue weighted by atomic mass is 10.1. The molecule has 0 bridgehead atoms. The van der Waals surface area contributed by atoms with Crippen LogP contribution in [0.1, 0.15) is 24.1 Å². The lowest BCUT2D eigenvalue weighted by Crippen LogP contribution is -2.01. The minimum absolute atomic E-state index is 0.00797. The van der Waals surface area contributed by atoms with Crippen LogP contribution in [0.2, 0.25) is 0 Å². The van der Waals surface area contributed by atoms with Crippen LogP contribution in [0.25, 0.3) is 11.6 Å². The van der Waals surface area contributed by atoms with E-state index < -0.39 is 0 Å². The van der Waals surface area contributed by atoms with Crippen molar-refractivity contribution >= 4 is 29.6 Å². The number of pyridine rings is 1. The lowest BCUT2D eigenvalue weighted by Gasteiger charge is -1.98. The summed E-state index contributed by atoms with van der Waals surface area (Å²) in [5.74, 6) is 1.30. The number of nitrogens with zero attached hydrogens (tertiary/aromatic N) is 3. The number of fused-ring (bicyclic) bond motifs is 1. The van der Waals surface area contributed by atoms with Crippen LogP contribution in [0.3, 0.4) is 0 Å². The molecule has 2 aromatic heterocycles. The highest BCUT2D eigenvalue weighted by Gasteiger charge is 2.23. The summed E-state index contributed by atoms with van der Waals surface area (Å²) < 4.78 is 0. The van der Waals surface area contributed by atoms with E-state index in [0.717, 1.165) is 24.0 Å². The van der Waals surface area contributed by atoms with Crippen molar-refractivity contribution in [1.29, 1.82) is 0 Å². The number of allylic oxidation sites excluding steroid dienone is 1. The average molecular weight is 267 g/mol. The van der Waals surface area contributed by atoms with Crippen LogP contribution in [0.4, 0.5) is 11.8 Å². The highest BCUT2D eigenvalue weighted by molar-refractivity contribution is 6.20. The van der Waals surface area contributed by atoms with Crippen molar-refractivity contribution in [2.24, 2.45) is 4.99 Å². The van der Waals surface area contributed by atoms with Gasteiger partial charge in [-0.3, -0.25) is 0 Å². The molecule has 0 aromatic carbocycles. The molecule has 6 heteroatoms. The third-order valence-electron chi connectivity index (χ3n) is 3.35. The number of hydrogen-bond donors (Lipinski definition) is 3. The van der Waals surface area contributed by atoms with Gasteiger partial charge >= 0.3 is 0 Å². The Morgan fingerprint density at radius 1 is 1.40 bits per heavy atom. The number of hydrogen-bond acceptors (Lipinski definition) is 5. The fourth-order valence-corrected chi connectivity index (χ4v) is 2.16. The van der Waals surface area contributed by atoms with Gasteiger partial charge in [-0.15, -0.1) is 0 Å². The Kier molecular flexibility index (Phi) is 2.35. The first-order chi connectivity index (χ1) is 9.79. The van der Waals surface area contributed by atoms with Crippen LogP contribution in [-0.4, -0.2) is 32.3 Å². The number of nitrogens with one attached hydrogen (secondary N) is 2. The highest BCUT2D eigenvalue weighted by atomic mass is 16.3. The first-order valence-electron chi connectivity index (χ1n) is 6.56. The van der Waals surface area contributed by atoms with Crippen LogP contribution >= 0.6 is 0 Å². The molecule has 0 amide bonds. The standard InChI is InChI=1S/C14H13N5O/c20-13-11(18-14(19-13)17-9-3-4-9)6-8-7-16-12-10(8)2-1-5-15-12/h1-2,5-7,9,20H,3-4H2,(H2,17,18,19). The lowest BCUT2D eigenvalue weighted by molar-refractivity contribution is 0.455. The van der Waals surface area contributed by atoms with Gasteiger partial charge < -0.3 is 15.4 Å². The van der Waals surface area contributed by atoms with Gasteiger partial charge in [0.15, 0.2) is 5.82 Å². The molecule has 1 saturated carbocycles. The number of aromatic nitrogens is 3. The number of aliphatic imine (C=N–C) groups is 1. The molecule has 0 saturated heterocycles. The van der Waals surface area contributed by atoms with Crippen LogP contribution in [0.15, 0.2) is 23.3 Å². The predicted molar refractivity (Wildman–Crippen MR) is 77.2 cm³/mol. The minimum Gasteiger partial charge on any atom is -0.492 e. The Labute approximate surface area is 115 Å². The third kappa shape index (κ3) is 1.95. The summed E-state index contributed by atoms with van der Waals surface area (Å²) in [4.78, 5) is 15.6. The Balaban J connectivity index is 1.67. The van der Waals surface area contributed by atoms with E-state index >= 15 is 0 Å². The van der Waals surface area contributed by atoms with Crippen molar-refractivity contribution in [1.82, 2.24) is 15.0 Å². The van der Waals surface area contributed by atoms with Gasteiger partial charge in [0.05, 0.1) is 0 Å². The van der Waals surface area contributed by atoms with E-state index in [9.17, 15) is 5.11 Å². The van der Waals surface area contributed by atoms with Crippen molar-refractivity contribution in [3.63, 3.8) is 0 Å². The first-order valence-corrected chi connectivity index (χ1v) is 6.56. The molecular weight excluding hydrogens is 254 g/mol. The largest absolute Gasteiger partial charge is 0.492 e. The zero-order valence-corrected chi connectivity index (χ0v) is 10.7. The second-order valence-electron chi connectivity index (χ2n) is 4.97. The minimum atomic E-state index is -0.00797. The second kappa shape index (κ2) is 4.19. The van der Waals surface area contributed by atoms with Gasteiger partial charge in [-0.05, 0) is 31.1 Å². The molecular formula is C14H13N5O. The summed E-state index contributed by atoms with van der Waals surface area (Å²) >= 11 is 0. The molecule has 3 heterocycles. The van der Waals surface area contributed by atoms with Crippen molar-refractivity contribution in [3.8, 4) is 5.88 Å². The maximum atomic E-state index is 9.89. The molecule has 1 fully saturated rings. The number of imidazole rings is 1.